The van der Waals surface area contributed by atoms with Gasteiger partial charge in [0.1, 0.15) is 5.82 Å². The Balaban J connectivity index is 2.74. The Bertz CT molecular complexity index is 930. The summed E-state index contributed by atoms with van der Waals surface area (Å²) in [5.74, 6) is -1.11. The van der Waals surface area contributed by atoms with Gasteiger partial charge >= 0.3 is 5.69 Å². The molecule has 1 atom stereocenters. The van der Waals surface area contributed by atoms with E-state index >= 15 is 0 Å². The Hall–Kier alpha value is -3.14. The normalized spacial score (nSPS) is 11.9. The number of hydrogen-bond acceptors (Lipinski definition) is 7. The van der Waals surface area contributed by atoms with Gasteiger partial charge in [0.15, 0.2) is 0 Å². The molecule has 0 saturated heterocycles. The van der Waals surface area contributed by atoms with Gasteiger partial charge in [0.2, 0.25) is 6.54 Å². The first-order chi connectivity index (χ1) is 12.2. The second kappa shape index (κ2) is 7.40. The molecule has 0 fully saturated rings. The highest BCUT2D eigenvalue weighted by molar-refractivity contribution is 5.51. The summed E-state index contributed by atoms with van der Waals surface area (Å²) in [6.45, 7) is -0.566. The summed E-state index contributed by atoms with van der Waals surface area (Å²) in [6, 6.07) is 6.94. The van der Waals surface area contributed by atoms with Crippen LogP contribution in [0.2, 0.25) is 0 Å². The van der Waals surface area contributed by atoms with E-state index in [1.54, 1.807) is 24.3 Å². The Labute approximate surface area is 149 Å². The van der Waals surface area contributed by atoms with Gasteiger partial charge in [-0.3, -0.25) is 34.7 Å². The molecule has 2 N–H and O–H groups in total. The van der Waals surface area contributed by atoms with Gasteiger partial charge in [0.25, 0.3) is 5.56 Å². The van der Waals surface area contributed by atoms with Gasteiger partial charge in [-0.2, -0.15) is 0 Å². The van der Waals surface area contributed by atoms with E-state index in [-0.39, 0.29) is 11.4 Å². The van der Waals surface area contributed by atoms with E-state index < -0.39 is 28.6 Å². The van der Waals surface area contributed by atoms with E-state index in [1.165, 1.54) is 14.1 Å². The summed E-state index contributed by atoms with van der Waals surface area (Å²) in [4.78, 5) is 37.3. The monoisotopic (exact) mass is 363 g/mol. The molecule has 0 amide bonds. The number of benzene rings is 1. The fraction of sp³-hybridized carbons (Fsp3) is 0.375. The average Bonchev–Trinajstić information content (AvgIpc) is 2.61. The van der Waals surface area contributed by atoms with E-state index in [0.29, 0.717) is 5.56 Å². The summed E-state index contributed by atoms with van der Waals surface area (Å²) in [7, 11) is 6.37. The van der Waals surface area contributed by atoms with Crippen molar-refractivity contribution in [3.8, 4) is 0 Å². The molecule has 26 heavy (non-hydrogen) atoms. The largest absolute Gasteiger partial charge is 0.378 e. The van der Waals surface area contributed by atoms with Crippen molar-refractivity contribution >= 4 is 11.5 Å². The number of nitrogens with zero attached hydrogens (tertiary/aromatic N) is 4. The summed E-state index contributed by atoms with van der Waals surface area (Å²) >= 11 is 0. The van der Waals surface area contributed by atoms with Crippen molar-refractivity contribution < 1.29 is 10.1 Å². The van der Waals surface area contributed by atoms with Crippen LogP contribution in [0.3, 0.4) is 0 Å². The van der Waals surface area contributed by atoms with Gasteiger partial charge in [0, 0.05) is 38.8 Å². The molecule has 0 aliphatic rings. The van der Waals surface area contributed by atoms with Crippen LogP contribution in [0.4, 0.5) is 11.5 Å². The number of aromatic nitrogens is 2. The van der Waals surface area contributed by atoms with E-state index in [0.717, 1.165) is 14.8 Å². The lowest BCUT2D eigenvalue weighted by Gasteiger charge is -2.20. The number of hydrogen-bond donors (Lipinski definition) is 2. The van der Waals surface area contributed by atoms with Crippen LogP contribution >= 0.6 is 0 Å². The van der Waals surface area contributed by atoms with Crippen LogP contribution < -0.4 is 21.6 Å². The zero-order chi connectivity index (χ0) is 19.6. The predicted molar refractivity (Wildman–Crippen MR) is 96.8 cm³/mol. The maximum Gasteiger partial charge on any atom is 0.332 e. The topological polar surface area (TPSA) is 123 Å². The molecule has 0 spiro atoms. The molecule has 0 saturated carbocycles. The lowest BCUT2D eigenvalue weighted by Crippen LogP contribution is -2.41. The second-order valence-electron chi connectivity index (χ2n) is 6.13. The lowest BCUT2D eigenvalue weighted by molar-refractivity contribution is -0.481. The average molecular weight is 363 g/mol. The molecule has 2 rings (SSSR count). The first kappa shape index (κ1) is 19.2. The van der Waals surface area contributed by atoms with Gasteiger partial charge in [-0.15, -0.1) is 0 Å². The molecular weight excluding hydrogens is 342 g/mol. The van der Waals surface area contributed by atoms with Gasteiger partial charge in [-0.25, -0.2) is 4.79 Å². The maximum absolute atomic E-state index is 12.7. The first-order valence-corrected chi connectivity index (χ1v) is 7.78. The third kappa shape index (κ3) is 3.45. The van der Waals surface area contributed by atoms with E-state index in [1.807, 2.05) is 24.5 Å². The van der Waals surface area contributed by atoms with Crippen LogP contribution in [0.25, 0.3) is 0 Å². The fourth-order valence-electron chi connectivity index (χ4n) is 2.84. The van der Waals surface area contributed by atoms with Crippen LogP contribution in [0, 0.1) is 10.1 Å². The first-order valence-electron chi connectivity index (χ1n) is 7.78. The molecule has 1 aromatic heterocycles. The molecule has 10 nitrogen and oxygen atoms in total. The van der Waals surface area contributed by atoms with Gasteiger partial charge in [0.05, 0.1) is 11.5 Å². The highest BCUT2D eigenvalue weighted by Gasteiger charge is 2.29. The SMILES string of the molecule is CN(C)c1ccc(C(C[N+](=O)[O-])c2c(NO)n(C)c(=O)n(C)c2=O)cc1. The summed E-state index contributed by atoms with van der Waals surface area (Å²) in [5, 5.41) is 20.7. The van der Waals surface area contributed by atoms with Crippen molar-refractivity contribution in [1.29, 1.82) is 0 Å². The molecule has 1 heterocycles. The van der Waals surface area contributed by atoms with Crippen LogP contribution in [0.15, 0.2) is 33.9 Å². The zero-order valence-electron chi connectivity index (χ0n) is 15.0. The van der Waals surface area contributed by atoms with E-state index in [4.69, 9.17) is 0 Å². The van der Waals surface area contributed by atoms with Gasteiger partial charge < -0.3 is 4.90 Å². The van der Waals surface area contributed by atoms with Crippen LogP contribution in [-0.4, -0.2) is 39.9 Å². The van der Waals surface area contributed by atoms with Crippen LogP contribution in [-0.2, 0) is 14.1 Å². The minimum atomic E-state index is -0.943. The number of rotatable bonds is 6. The third-order valence-corrected chi connectivity index (χ3v) is 4.30. The summed E-state index contributed by atoms with van der Waals surface area (Å²) in [6.07, 6.45) is 0. The number of nitro groups is 1. The molecule has 0 radical (unpaired) electrons. The highest BCUT2D eigenvalue weighted by Crippen LogP contribution is 2.28. The Morgan fingerprint density at radius 3 is 2.23 bits per heavy atom. The zero-order valence-corrected chi connectivity index (χ0v) is 15.0. The molecule has 1 aromatic carbocycles. The maximum atomic E-state index is 12.7. The minimum Gasteiger partial charge on any atom is -0.378 e. The molecule has 0 aliphatic carbocycles. The summed E-state index contributed by atoms with van der Waals surface area (Å²) < 4.78 is 1.90. The third-order valence-electron chi connectivity index (χ3n) is 4.30. The molecular formula is C16H21N5O5. The molecule has 1 unspecified atom stereocenters. The smallest absolute Gasteiger partial charge is 0.332 e. The van der Waals surface area contributed by atoms with E-state index in [2.05, 4.69) is 0 Å². The van der Waals surface area contributed by atoms with Crippen molar-refractivity contribution in [1.82, 2.24) is 9.13 Å². The van der Waals surface area contributed by atoms with Crippen molar-refractivity contribution in [3.63, 3.8) is 0 Å². The fourth-order valence-corrected chi connectivity index (χ4v) is 2.84. The number of anilines is 2. The predicted octanol–water partition coefficient (Wildman–Crippen LogP) is 0.360. The van der Waals surface area contributed by atoms with Crippen LogP contribution in [0.1, 0.15) is 17.0 Å². The van der Waals surface area contributed by atoms with Crippen molar-refractivity contribution in [2.75, 3.05) is 31.0 Å². The number of nitrogens with one attached hydrogen (secondary N) is 1. The van der Waals surface area contributed by atoms with Crippen molar-refractivity contribution in [3.05, 3.63) is 66.3 Å². The highest BCUT2D eigenvalue weighted by atomic mass is 16.6. The molecule has 140 valence electrons. The molecule has 0 bridgehead atoms. The Morgan fingerprint density at radius 1 is 1.19 bits per heavy atom. The second-order valence-corrected chi connectivity index (χ2v) is 6.13. The van der Waals surface area contributed by atoms with Gasteiger partial charge in [-0.1, -0.05) is 12.1 Å². The quantitative estimate of drug-likeness (QED) is 0.561. The summed E-state index contributed by atoms with van der Waals surface area (Å²) in [5.41, 5.74) is 1.86. The molecule has 2 aromatic rings. The van der Waals surface area contributed by atoms with Crippen LogP contribution in [0.5, 0.6) is 0 Å². The molecule has 0 aliphatic heterocycles. The van der Waals surface area contributed by atoms with Crippen molar-refractivity contribution in [2.45, 2.75) is 5.92 Å². The molecule has 10 heteroatoms. The van der Waals surface area contributed by atoms with Crippen molar-refractivity contribution in [2.24, 2.45) is 14.1 Å². The lowest BCUT2D eigenvalue weighted by atomic mass is 9.92. The van der Waals surface area contributed by atoms with E-state index in [9.17, 15) is 24.9 Å². The Kier molecular flexibility index (Phi) is 5.46. The standard InChI is InChI=1S/C16H21N5O5/c1-18(2)11-7-5-10(6-8-11)12(9-21(25)26)13-14(17-24)19(3)16(23)20(4)15(13)22/h5-8,12,17,24H,9H2,1-4H3. The minimum absolute atomic E-state index is 0.0496. The Morgan fingerprint density at radius 2 is 1.77 bits per heavy atom. The van der Waals surface area contributed by atoms with Gasteiger partial charge in [-0.05, 0) is 17.7 Å².